The number of ether oxygens (including phenoxy) is 1. The van der Waals surface area contributed by atoms with E-state index in [1.807, 2.05) is 6.07 Å². The van der Waals surface area contributed by atoms with Crippen molar-refractivity contribution in [3.63, 3.8) is 0 Å². The minimum Gasteiger partial charge on any atom is -0.444 e. The number of nitrogens with one attached hydrogen (secondary N) is 1. The average molecular weight is 422 g/mol. The summed E-state index contributed by atoms with van der Waals surface area (Å²) in [4.78, 5) is 30.4. The average Bonchev–Trinajstić information content (AvgIpc) is 2.65. The Labute approximate surface area is 179 Å². The van der Waals surface area contributed by atoms with Crippen LogP contribution in [0.5, 0.6) is 0 Å². The smallest absolute Gasteiger partial charge is 0.408 e. The van der Waals surface area contributed by atoms with Crippen molar-refractivity contribution in [2.75, 3.05) is 0 Å². The second-order valence-corrected chi connectivity index (χ2v) is 8.26. The molecule has 1 heterocycles. The van der Waals surface area contributed by atoms with Gasteiger partial charge in [-0.25, -0.2) is 14.2 Å². The number of carbonyl (C=O) groups is 1. The second-order valence-electron chi connectivity index (χ2n) is 8.26. The van der Waals surface area contributed by atoms with Crippen molar-refractivity contribution in [1.82, 2.24) is 14.9 Å². The van der Waals surface area contributed by atoms with Gasteiger partial charge in [0.05, 0.1) is 34.3 Å². The summed E-state index contributed by atoms with van der Waals surface area (Å²) >= 11 is 0. The van der Waals surface area contributed by atoms with E-state index in [4.69, 9.17) is 4.74 Å². The summed E-state index contributed by atoms with van der Waals surface area (Å²) in [5.74, 6) is -0.479. The molecule has 0 bridgehead atoms. The number of halogens is 1. The number of carbonyl (C=O) groups excluding carboxylic acids is 1. The van der Waals surface area contributed by atoms with Crippen LogP contribution in [0.1, 0.15) is 50.7 Å². The van der Waals surface area contributed by atoms with E-state index in [0.29, 0.717) is 16.5 Å². The van der Waals surface area contributed by atoms with Gasteiger partial charge in [0.1, 0.15) is 17.2 Å². The van der Waals surface area contributed by atoms with Crippen LogP contribution in [0.25, 0.3) is 16.6 Å². The van der Waals surface area contributed by atoms with Crippen LogP contribution in [0, 0.1) is 24.1 Å². The Bertz CT molecular complexity index is 1270. The molecule has 1 atom stereocenters. The number of fused-ring (bicyclic) bond motifs is 1. The van der Waals surface area contributed by atoms with Crippen molar-refractivity contribution in [1.29, 1.82) is 5.26 Å². The van der Waals surface area contributed by atoms with Crippen LogP contribution in [0.15, 0.2) is 41.2 Å². The third kappa shape index (κ3) is 4.72. The highest BCUT2D eigenvalue weighted by atomic mass is 19.1. The Balaban J connectivity index is 2.24. The van der Waals surface area contributed by atoms with Gasteiger partial charge in [0.25, 0.3) is 5.56 Å². The molecular formula is C23H23FN4O3. The molecule has 7 nitrogen and oxygen atoms in total. The molecular weight excluding hydrogens is 399 g/mol. The van der Waals surface area contributed by atoms with Crippen molar-refractivity contribution in [3.05, 3.63) is 69.5 Å². The van der Waals surface area contributed by atoms with Crippen LogP contribution >= 0.6 is 0 Å². The summed E-state index contributed by atoms with van der Waals surface area (Å²) in [5, 5.41) is 12.3. The van der Waals surface area contributed by atoms with E-state index in [1.54, 1.807) is 52.8 Å². The molecule has 31 heavy (non-hydrogen) atoms. The van der Waals surface area contributed by atoms with Crippen LogP contribution in [-0.4, -0.2) is 21.2 Å². The van der Waals surface area contributed by atoms with E-state index in [-0.39, 0.29) is 17.1 Å². The molecule has 2 aromatic carbocycles. The monoisotopic (exact) mass is 422 g/mol. The molecule has 160 valence electrons. The highest BCUT2D eigenvalue weighted by Gasteiger charge is 2.23. The number of benzene rings is 2. The van der Waals surface area contributed by atoms with Crippen LogP contribution in [0.2, 0.25) is 0 Å². The molecule has 1 amide bonds. The van der Waals surface area contributed by atoms with E-state index in [1.165, 1.54) is 10.6 Å². The van der Waals surface area contributed by atoms with Gasteiger partial charge in [-0.15, -0.1) is 0 Å². The topological polar surface area (TPSA) is 97.0 Å². The first-order chi connectivity index (χ1) is 14.5. The zero-order valence-electron chi connectivity index (χ0n) is 18.0. The first-order valence-corrected chi connectivity index (χ1v) is 9.73. The van der Waals surface area contributed by atoms with Gasteiger partial charge in [0, 0.05) is 0 Å². The first kappa shape index (κ1) is 22.0. The van der Waals surface area contributed by atoms with Crippen molar-refractivity contribution >= 4 is 17.0 Å². The Morgan fingerprint density at radius 2 is 2.00 bits per heavy atom. The molecule has 0 spiro atoms. The van der Waals surface area contributed by atoms with E-state index < -0.39 is 29.1 Å². The Hall–Kier alpha value is -3.73. The summed E-state index contributed by atoms with van der Waals surface area (Å²) < 4.78 is 20.7. The zero-order valence-corrected chi connectivity index (χ0v) is 18.0. The van der Waals surface area contributed by atoms with Gasteiger partial charge in [-0.05, 0) is 64.4 Å². The lowest BCUT2D eigenvalue weighted by molar-refractivity contribution is 0.0505. The molecule has 0 aliphatic heterocycles. The zero-order chi connectivity index (χ0) is 22.9. The summed E-state index contributed by atoms with van der Waals surface area (Å²) in [6.07, 6.45) is -0.679. The Morgan fingerprint density at radius 1 is 1.29 bits per heavy atom. The van der Waals surface area contributed by atoms with E-state index in [2.05, 4.69) is 10.3 Å². The van der Waals surface area contributed by atoms with Gasteiger partial charge < -0.3 is 10.1 Å². The molecule has 0 fully saturated rings. The number of nitriles is 1. The van der Waals surface area contributed by atoms with Gasteiger partial charge in [-0.3, -0.25) is 9.36 Å². The van der Waals surface area contributed by atoms with Crippen molar-refractivity contribution in [2.24, 2.45) is 0 Å². The Kier molecular flexibility index (Phi) is 5.80. The van der Waals surface area contributed by atoms with Crippen molar-refractivity contribution < 1.29 is 13.9 Å². The summed E-state index contributed by atoms with van der Waals surface area (Å²) in [6.45, 7) is 8.64. The van der Waals surface area contributed by atoms with Crippen LogP contribution in [-0.2, 0) is 4.74 Å². The number of alkyl carbamates (subject to hydrolysis) is 1. The van der Waals surface area contributed by atoms with Crippen LogP contribution in [0.4, 0.5) is 9.18 Å². The highest BCUT2D eigenvalue weighted by Crippen LogP contribution is 2.22. The van der Waals surface area contributed by atoms with Gasteiger partial charge in [0.2, 0.25) is 0 Å². The lowest BCUT2D eigenvalue weighted by atomic mass is 10.1. The lowest BCUT2D eigenvalue weighted by Gasteiger charge is -2.23. The van der Waals surface area contributed by atoms with E-state index >= 15 is 0 Å². The lowest BCUT2D eigenvalue weighted by Crippen LogP contribution is -2.37. The normalized spacial score (nSPS) is 12.3. The molecule has 0 saturated heterocycles. The van der Waals surface area contributed by atoms with Gasteiger partial charge in [-0.1, -0.05) is 12.1 Å². The Morgan fingerprint density at radius 3 is 2.65 bits per heavy atom. The third-order valence-electron chi connectivity index (χ3n) is 4.52. The maximum Gasteiger partial charge on any atom is 0.408 e. The molecule has 0 aliphatic carbocycles. The summed E-state index contributed by atoms with van der Waals surface area (Å²) in [5.41, 5.74) is 0.232. The molecule has 0 radical (unpaired) electrons. The quantitative estimate of drug-likeness (QED) is 0.679. The van der Waals surface area contributed by atoms with Crippen molar-refractivity contribution in [3.8, 4) is 11.8 Å². The number of amides is 1. The van der Waals surface area contributed by atoms with Gasteiger partial charge in [0.15, 0.2) is 0 Å². The molecule has 3 rings (SSSR count). The SMILES string of the molecule is Cc1cccc2nc(C(C)NC(=O)OC(C)(C)C)n(-c3cc(F)cc(C#N)c3)c(=O)c12. The maximum atomic E-state index is 14.2. The number of rotatable bonds is 3. The predicted molar refractivity (Wildman–Crippen MR) is 115 cm³/mol. The molecule has 1 unspecified atom stereocenters. The predicted octanol–water partition coefficient (Wildman–Crippen LogP) is 4.29. The van der Waals surface area contributed by atoms with E-state index in [9.17, 15) is 19.2 Å². The van der Waals surface area contributed by atoms with Crippen LogP contribution < -0.4 is 10.9 Å². The van der Waals surface area contributed by atoms with Gasteiger partial charge >= 0.3 is 6.09 Å². The number of aromatic nitrogens is 2. The highest BCUT2D eigenvalue weighted by molar-refractivity contribution is 5.81. The van der Waals surface area contributed by atoms with Crippen molar-refractivity contribution in [2.45, 2.75) is 46.3 Å². The largest absolute Gasteiger partial charge is 0.444 e. The van der Waals surface area contributed by atoms with Gasteiger partial charge in [-0.2, -0.15) is 5.26 Å². The summed E-state index contributed by atoms with van der Waals surface area (Å²) in [6, 6.07) is 10.0. The molecule has 0 aliphatic rings. The molecule has 1 N–H and O–H groups in total. The fourth-order valence-corrected chi connectivity index (χ4v) is 3.27. The van der Waals surface area contributed by atoms with Crippen LogP contribution in [0.3, 0.4) is 0 Å². The molecule has 1 aromatic heterocycles. The fraction of sp³-hybridized carbons (Fsp3) is 0.304. The number of hydrogen-bond acceptors (Lipinski definition) is 5. The van der Waals surface area contributed by atoms with E-state index in [0.717, 1.165) is 12.1 Å². The molecule has 3 aromatic rings. The number of hydrogen-bond donors (Lipinski definition) is 1. The molecule has 8 heteroatoms. The number of aryl methyl sites for hydroxylation is 1. The minimum absolute atomic E-state index is 0.0606. The minimum atomic E-state index is -0.749. The number of nitrogens with zero attached hydrogens (tertiary/aromatic N) is 3. The second kappa shape index (κ2) is 8.19. The summed E-state index contributed by atoms with van der Waals surface area (Å²) in [7, 11) is 0. The molecule has 0 saturated carbocycles. The first-order valence-electron chi connectivity index (χ1n) is 9.73. The third-order valence-corrected chi connectivity index (χ3v) is 4.52. The standard InChI is InChI=1S/C23H23FN4O3/c1-13-7-6-8-18-19(13)21(29)28(17-10-15(12-25)9-16(24)11-17)20(27-18)14(2)26-22(30)31-23(3,4)5/h6-11,14H,1-5H3,(H,26,30). The maximum absolute atomic E-state index is 14.2. The fourth-order valence-electron chi connectivity index (χ4n) is 3.27.